The van der Waals surface area contributed by atoms with Gasteiger partial charge in [-0.25, -0.2) is 0 Å². The van der Waals surface area contributed by atoms with E-state index >= 15 is 0 Å². The quantitative estimate of drug-likeness (QED) is 0.670. The van der Waals surface area contributed by atoms with Crippen molar-refractivity contribution in [2.24, 2.45) is 11.7 Å². The third-order valence-corrected chi connectivity index (χ3v) is 1.44. The van der Waals surface area contributed by atoms with Crippen molar-refractivity contribution in [3.63, 3.8) is 0 Å². The topological polar surface area (TPSA) is 26.0 Å². The molecule has 1 atom stereocenters. The summed E-state index contributed by atoms with van der Waals surface area (Å²) in [6.07, 6.45) is 3.79. The molecule has 2 N–H and O–H groups in total. The second-order valence-corrected chi connectivity index (χ2v) is 3.30. The fourth-order valence-electron chi connectivity index (χ4n) is 0.848. The Balaban J connectivity index is 0. The van der Waals surface area contributed by atoms with Crippen molar-refractivity contribution in [2.45, 2.75) is 59.9 Å². The van der Waals surface area contributed by atoms with Crippen LogP contribution in [-0.2, 0) is 0 Å². The molecule has 0 aliphatic carbocycles. The Kier molecular flexibility index (Phi) is 12.3. The molecule has 1 nitrogen and oxygen atoms in total. The molecule has 11 heavy (non-hydrogen) atoms. The molecule has 0 rings (SSSR count). The smallest absolute Gasteiger partial charge is 0.00104 e. The highest BCUT2D eigenvalue weighted by Gasteiger charge is 1.95. The van der Waals surface area contributed by atoms with E-state index in [1.165, 1.54) is 19.3 Å². The first kappa shape index (κ1) is 13.5. The molecule has 0 saturated carbocycles. The summed E-state index contributed by atoms with van der Waals surface area (Å²) in [5, 5.41) is 0. The van der Waals surface area contributed by atoms with E-state index in [0.717, 1.165) is 5.92 Å². The Labute approximate surface area is 72.4 Å². The Bertz CT molecular complexity index is 49.9. The minimum atomic E-state index is 0.392. The molecule has 0 aromatic rings. The normalized spacial score (nSPS) is 12.3. The van der Waals surface area contributed by atoms with Crippen molar-refractivity contribution >= 4 is 0 Å². The average molecular weight is 159 g/mol. The van der Waals surface area contributed by atoms with Crippen LogP contribution in [0.1, 0.15) is 53.9 Å². The molecule has 0 spiro atoms. The van der Waals surface area contributed by atoms with Crippen LogP contribution in [0.5, 0.6) is 0 Å². The second-order valence-electron chi connectivity index (χ2n) is 3.30. The third kappa shape index (κ3) is 17.8. The molecule has 0 aliphatic heterocycles. The summed E-state index contributed by atoms with van der Waals surface area (Å²) in [6.45, 7) is 10.6. The standard InChI is InChI=1S/C8H19N.C2H6/c1-7(2)5-4-6-8(3)9;1-2/h7-8H,4-6,9H2,1-3H3;1-2H3. The molecule has 0 bridgehead atoms. The minimum absolute atomic E-state index is 0.392. The van der Waals surface area contributed by atoms with E-state index in [1.54, 1.807) is 0 Å². The molecule has 1 heteroatoms. The van der Waals surface area contributed by atoms with Crippen LogP contribution in [0.2, 0.25) is 0 Å². The Morgan fingerprint density at radius 3 is 1.73 bits per heavy atom. The van der Waals surface area contributed by atoms with E-state index in [0.29, 0.717) is 6.04 Å². The van der Waals surface area contributed by atoms with Crippen LogP contribution in [0.4, 0.5) is 0 Å². The van der Waals surface area contributed by atoms with Crippen molar-refractivity contribution in [1.82, 2.24) is 0 Å². The van der Waals surface area contributed by atoms with Crippen LogP contribution in [0.15, 0.2) is 0 Å². The molecule has 0 heterocycles. The lowest BCUT2D eigenvalue weighted by Gasteiger charge is -2.05. The van der Waals surface area contributed by atoms with Gasteiger partial charge < -0.3 is 5.73 Å². The third-order valence-electron chi connectivity index (χ3n) is 1.44. The minimum Gasteiger partial charge on any atom is -0.328 e. The molecule has 1 unspecified atom stereocenters. The number of hydrogen-bond donors (Lipinski definition) is 1. The number of nitrogens with two attached hydrogens (primary N) is 1. The maximum Gasteiger partial charge on any atom is 0.00104 e. The Hall–Kier alpha value is -0.0400. The first-order valence-corrected chi connectivity index (χ1v) is 4.88. The lowest BCUT2D eigenvalue weighted by molar-refractivity contribution is 0.511. The maximum atomic E-state index is 5.58. The van der Waals surface area contributed by atoms with Crippen LogP contribution in [0.3, 0.4) is 0 Å². The van der Waals surface area contributed by atoms with Gasteiger partial charge in [0.25, 0.3) is 0 Å². The highest BCUT2D eigenvalue weighted by molar-refractivity contribution is 4.54. The van der Waals surface area contributed by atoms with Gasteiger partial charge in [-0.3, -0.25) is 0 Å². The Morgan fingerprint density at radius 1 is 1.00 bits per heavy atom. The van der Waals surface area contributed by atoms with Crippen LogP contribution in [0, 0.1) is 5.92 Å². The van der Waals surface area contributed by atoms with Crippen LogP contribution >= 0.6 is 0 Å². The van der Waals surface area contributed by atoms with Crippen LogP contribution in [-0.4, -0.2) is 6.04 Å². The van der Waals surface area contributed by atoms with Gasteiger partial charge in [-0.15, -0.1) is 0 Å². The Morgan fingerprint density at radius 2 is 1.45 bits per heavy atom. The molecule has 70 valence electrons. The first-order valence-electron chi connectivity index (χ1n) is 4.88. The van der Waals surface area contributed by atoms with Gasteiger partial charge in [0.2, 0.25) is 0 Å². The summed E-state index contributed by atoms with van der Waals surface area (Å²) in [4.78, 5) is 0. The molecule has 0 aromatic carbocycles. The summed E-state index contributed by atoms with van der Waals surface area (Å²) in [6, 6.07) is 0.392. The molecular formula is C10H25N. The van der Waals surface area contributed by atoms with E-state index in [9.17, 15) is 0 Å². The maximum absolute atomic E-state index is 5.58. The predicted octanol–water partition coefficient (Wildman–Crippen LogP) is 3.19. The molecular weight excluding hydrogens is 134 g/mol. The molecule has 0 aliphatic rings. The van der Waals surface area contributed by atoms with Crippen molar-refractivity contribution < 1.29 is 0 Å². The van der Waals surface area contributed by atoms with Crippen molar-refractivity contribution in [3.05, 3.63) is 0 Å². The lowest BCUT2D eigenvalue weighted by Crippen LogP contribution is -2.14. The van der Waals surface area contributed by atoms with Crippen LogP contribution in [0.25, 0.3) is 0 Å². The SMILES string of the molecule is CC.CC(C)CCCC(C)N. The van der Waals surface area contributed by atoms with E-state index < -0.39 is 0 Å². The van der Waals surface area contributed by atoms with Gasteiger partial charge in [-0.2, -0.15) is 0 Å². The first-order chi connectivity index (χ1) is 5.13. The zero-order chi connectivity index (χ0) is 9.28. The summed E-state index contributed by atoms with van der Waals surface area (Å²) in [5.41, 5.74) is 5.58. The largest absolute Gasteiger partial charge is 0.328 e. The predicted molar refractivity (Wildman–Crippen MR) is 53.7 cm³/mol. The fraction of sp³-hybridized carbons (Fsp3) is 1.00. The van der Waals surface area contributed by atoms with Gasteiger partial charge in [0.1, 0.15) is 0 Å². The molecule has 0 aromatic heterocycles. The number of hydrogen-bond acceptors (Lipinski definition) is 1. The van der Waals surface area contributed by atoms with Crippen molar-refractivity contribution in [2.75, 3.05) is 0 Å². The van der Waals surface area contributed by atoms with Crippen molar-refractivity contribution in [1.29, 1.82) is 0 Å². The van der Waals surface area contributed by atoms with Gasteiger partial charge in [-0.05, 0) is 19.3 Å². The summed E-state index contributed by atoms with van der Waals surface area (Å²) in [5.74, 6) is 0.837. The van der Waals surface area contributed by atoms with E-state index in [1.807, 2.05) is 13.8 Å². The van der Waals surface area contributed by atoms with Crippen molar-refractivity contribution in [3.8, 4) is 0 Å². The van der Waals surface area contributed by atoms with E-state index in [2.05, 4.69) is 20.8 Å². The highest BCUT2D eigenvalue weighted by atomic mass is 14.6. The highest BCUT2D eigenvalue weighted by Crippen LogP contribution is 2.06. The number of rotatable bonds is 4. The van der Waals surface area contributed by atoms with Gasteiger partial charge in [0, 0.05) is 6.04 Å². The van der Waals surface area contributed by atoms with Gasteiger partial charge in [0.15, 0.2) is 0 Å². The fourth-order valence-corrected chi connectivity index (χ4v) is 0.848. The van der Waals surface area contributed by atoms with Gasteiger partial charge >= 0.3 is 0 Å². The molecule has 0 amide bonds. The lowest BCUT2D eigenvalue weighted by atomic mass is 10.0. The second kappa shape index (κ2) is 9.96. The van der Waals surface area contributed by atoms with Gasteiger partial charge in [-0.1, -0.05) is 40.5 Å². The zero-order valence-corrected chi connectivity index (χ0v) is 8.85. The van der Waals surface area contributed by atoms with Crippen LogP contribution < -0.4 is 5.73 Å². The average Bonchev–Trinajstić information content (AvgIpc) is 1.90. The molecule has 0 radical (unpaired) electrons. The van der Waals surface area contributed by atoms with E-state index in [4.69, 9.17) is 5.73 Å². The summed E-state index contributed by atoms with van der Waals surface area (Å²) < 4.78 is 0. The monoisotopic (exact) mass is 159 g/mol. The summed E-state index contributed by atoms with van der Waals surface area (Å²) >= 11 is 0. The molecule has 0 saturated heterocycles. The van der Waals surface area contributed by atoms with E-state index in [-0.39, 0.29) is 0 Å². The summed E-state index contributed by atoms with van der Waals surface area (Å²) in [7, 11) is 0. The zero-order valence-electron chi connectivity index (χ0n) is 8.85. The van der Waals surface area contributed by atoms with Gasteiger partial charge in [0.05, 0.1) is 0 Å². The molecule has 0 fully saturated rings.